The molecule has 2 heterocycles. The Morgan fingerprint density at radius 2 is 0.752 bits per heavy atom. The summed E-state index contributed by atoms with van der Waals surface area (Å²) >= 11 is 0. The molecule has 0 bridgehead atoms. The van der Waals surface area contributed by atoms with Gasteiger partial charge < -0.3 is 89.1 Å². The summed E-state index contributed by atoms with van der Waals surface area (Å²) in [6, 6.07) is 0. The molecule has 11 N–H and O–H groups in total. The van der Waals surface area contributed by atoms with Gasteiger partial charge in [-0.3, -0.25) is 23.4 Å². The van der Waals surface area contributed by atoms with Crippen LogP contribution >= 0.6 is 7.82 Å². The van der Waals surface area contributed by atoms with E-state index in [2.05, 4.69) is 39.8 Å². The van der Waals surface area contributed by atoms with Crippen molar-refractivity contribution in [2.75, 3.05) is 26.4 Å². The first kappa shape index (κ1) is 92.9. The van der Waals surface area contributed by atoms with E-state index in [1.54, 1.807) is 0 Å². The third kappa shape index (κ3) is 39.9. The molecule has 25 heteroatoms. The predicted molar refractivity (Wildman–Crippen MR) is 384 cm³/mol. The molecule has 1 saturated carbocycles. The third-order valence-corrected chi connectivity index (χ3v) is 20.9. The second kappa shape index (κ2) is 56.9. The van der Waals surface area contributed by atoms with E-state index in [1.807, 2.05) is 0 Å². The smallest absolute Gasteiger partial charge is 0.463 e. The predicted octanol–water partition coefficient (Wildman–Crippen LogP) is 11.8. The summed E-state index contributed by atoms with van der Waals surface area (Å²) in [5.41, 5.74) is 0. The molecule has 0 spiro atoms. The molecule has 19 unspecified atom stereocenters. The summed E-state index contributed by atoms with van der Waals surface area (Å²) < 4.78 is 65.1. The average Bonchev–Trinajstić information content (AvgIpc) is 0.762. The minimum absolute atomic E-state index is 0.0321. The Morgan fingerprint density at radius 3 is 1.18 bits per heavy atom. The van der Waals surface area contributed by atoms with Gasteiger partial charge in [0.15, 0.2) is 18.7 Å². The molecule has 0 aromatic rings. The summed E-state index contributed by atoms with van der Waals surface area (Å²) in [5.74, 6) is -1.30. The largest absolute Gasteiger partial charge is 0.472 e. The van der Waals surface area contributed by atoms with Crippen molar-refractivity contribution in [1.29, 1.82) is 0 Å². The molecule has 594 valence electrons. The van der Waals surface area contributed by atoms with Gasteiger partial charge in [0.05, 0.1) is 13.2 Å². The molecule has 3 rings (SSSR count). The number of allylic oxidation sites excluding steroid dienone is 2. The Labute approximate surface area is 605 Å². The standard InChI is InChI=1S/C76H141O24P/c1-5-8-11-14-17-19-21-23-24-25-26-28-29-31-33-39-45-50-61(79)93-55-59-64(82)66(84)71(89)76(97-59)99-73-69(87)67(85)68(86)72(98-75-70(88)65(83)63(81)58(52-77)96-75)74(73)100-101(90,91)94-54-57(95-62(80)51-46-41-34-32-30-27-22-20-18-15-12-9-6-2)53-92-60(78)49-44-40-36-35-38-43-48-56(4)47-42-37-16-13-10-7-3/h27,30,56-59,63-77,81-89H,5-26,28-29,31-55H2,1-4H3,(H,90,91)/b30-27-. The van der Waals surface area contributed by atoms with Crippen LogP contribution in [0.5, 0.6) is 0 Å². The van der Waals surface area contributed by atoms with Crippen molar-refractivity contribution in [3.63, 3.8) is 0 Å². The number of aliphatic hydroxyl groups excluding tert-OH is 10. The number of esters is 3. The van der Waals surface area contributed by atoms with E-state index in [4.69, 9.17) is 42.2 Å². The Hall–Kier alpha value is -2.30. The third-order valence-electron chi connectivity index (χ3n) is 19.9. The zero-order valence-electron chi connectivity index (χ0n) is 62.4. The minimum Gasteiger partial charge on any atom is -0.463 e. The molecule has 3 fully saturated rings. The fraction of sp³-hybridized carbons (Fsp3) is 0.934. The van der Waals surface area contributed by atoms with Crippen LogP contribution in [0.4, 0.5) is 0 Å². The van der Waals surface area contributed by atoms with Gasteiger partial charge in [-0.1, -0.05) is 265 Å². The number of hydrogen-bond donors (Lipinski definition) is 11. The van der Waals surface area contributed by atoms with E-state index >= 15 is 0 Å². The second-order valence-electron chi connectivity index (χ2n) is 29.1. The van der Waals surface area contributed by atoms with E-state index in [9.17, 15) is 74.9 Å². The van der Waals surface area contributed by atoms with Crippen molar-refractivity contribution in [3.8, 4) is 0 Å². The molecule has 101 heavy (non-hydrogen) atoms. The summed E-state index contributed by atoms with van der Waals surface area (Å²) in [4.78, 5) is 51.1. The van der Waals surface area contributed by atoms with Crippen LogP contribution in [0.15, 0.2) is 12.2 Å². The molecule has 0 radical (unpaired) electrons. The summed E-state index contributed by atoms with van der Waals surface area (Å²) in [6.07, 6.45) is 15.5. The summed E-state index contributed by atoms with van der Waals surface area (Å²) in [5, 5.41) is 110. The van der Waals surface area contributed by atoms with Crippen molar-refractivity contribution < 1.29 is 117 Å². The van der Waals surface area contributed by atoms with E-state index in [0.717, 1.165) is 89.9 Å². The van der Waals surface area contributed by atoms with Crippen LogP contribution in [-0.2, 0) is 61.2 Å². The maximum atomic E-state index is 14.4. The van der Waals surface area contributed by atoms with E-state index in [1.165, 1.54) is 154 Å². The number of carbonyl (C=O) groups is 3. The van der Waals surface area contributed by atoms with Gasteiger partial charge in [0.25, 0.3) is 0 Å². The van der Waals surface area contributed by atoms with E-state index < -0.39 is 156 Å². The molecular formula is C76H141O24P. The number of phosphoric acid groups is 1. The number of hydrogen-bond acceptors (Lipinski definition) is 23. The number of carbonyl (C=O) groups excluding carboxylic acids is 3. The maximum Gasteiger partial charge on any atom is 0.472 e. The highest BCUT2D eigenvalue weighted by Gasteiger charge is 2.58. The van der Waals surface area contributed by atoms with Crippen molar-refractivity contribution in [2.24, 2.45) is 5.92 Å². The first-order valence-electron chi connectivity index (χ1n) is 39.9. The van der Waals surface area contributed by atoms with Gasteiger partial charge in [0.1, 0.15) is 98.7 Å². The monoisotopic (exact) mass is 1470 g/mol. The van der Waals surface area contributed by atoms with Crippen LogP contribution in [0.1, 0.15) is 317 Å². The molecule has 2 aliphatic heterocycles. The normalized spacial score (nSPS) is 27.5. The van der Waals surface area contributed by atoms with E-state index in [-0.39, 0.29) is 19.3 Å². The van der Waals surface area contributed by atoms with Crippen LogP contribution in [0.2, 0.25) is 0 Å². The lowest BCUT2D eigenvalue weighted by Gasteiger charge is -2.49. The van der Waals surface area contributed by atoms with Crippen LogP contribution < -0.4 is 0 Å². The van der Waals surface area contributed by atoms with Gasteiger partial charge in [-0.05, 0) is 50.9 Å². The molecule has 19 atom stereocenters. The number of unbranched alkanes of at least 4 members (excludes halogenated alkanes) is 35. The first-order chi connectivity index (χ1) is 48.7. The second-order valence-corrected chi connectivity index (χ2v) is 30.5. The van der Waals surface area contributed by atoms with Gasteiger partial charge in [-0.15, -0.1) is 0 Å². The van der Waals surface area contributed by atoms with Crippen molar-refractivity contribution in [3.05, 3.63) is 12.2 Å². The van der Waals surface area contributed by atoms with Crippen molar-refractivity contribution in [1.82, 2.24) is 0 Å². The average molecular weight is 1470 g/mol. The molecule has 0 aromatic heterocycles. The van der Waals surface area contributed by atoms with Gasteiger partial charge in [0, 0.05) is 19.3 Å². The molecule has 1 aliphatic carbocycles. The van der Waals surface area contributed by atoms with E-state index in [0.29, 0.717) is 31.6 Å². The number of phosphoric ester groups is 1. The molecule has 3 aliphatic rings. The molecule has 0 amide bonds. The lowest BCUT2D eigenvalue weighted by Crippen LogP contribution is -2.69. The minimum atomic E-state index is -5.70. The van der Waals surface area contributed by atoms with Gasteiger partial charge in [-0.2, -0.15) is 0 Å². The molecular weight excluding hydrogens is 1330 g/mol. The van der Waals surface area contributed by atoms with Crippen molar-refractivity contribution >= 4 is 25.7 Å². The van der Waals surface area contributed by atoms with Crippen LogP contribution in [-0.4, -0.2) is 204 Å². The highest BCUT2D eigenvalue weighted by molar-refractivity contribution is 7.47. The quantitative estimate of drug-likeness (QED) is 0.00886. The lowest BCUT2D eigenvalue weighted by atomic mass is 9.84. The molecule has 0 aromatic carbocycles. The Morgan fingerprint density at radius 1 is 0.406 bits per heavy atom. The zero-order chi connectivity index (χ0) is 74.1. The highest BCUT2D eigenvalue weighted by Crippen LogP contribution is 2.49. The lowest BCUT2D eigenvalue weighted by molar-refractivity contribution is -0.360. The summed E-state index contributed by atoms with van der Waals surface area (Å²) in [7, 11) is -5.70. The Balaban J connectivity index is 1.71. The first-order valence-corrected chi connectivity index (χ1v) is 41.4. The maximum absolute atomic E-state index is 14.4. The highest BCUT2D eigenvalue weighted by atomic mass is 31.2. The number of aliphatic hydroxyl groups is 10. The fourth-order valence-electron chi connectivity index (χ4n) is 13.4. The Bertz CT molecular complexity index is 2150. The van der Waals surface area contributed by atoms with Crippen LogP contribution in [0, 0.1) is 5.92 Å². The van der Waals surface area contributed by atoms with Gasteiger partial charge in [-0.25, -0.2) is 4.57 Å². The molecule has 24 nitrogen and oxygen atoms in total. The number of ether oxygens (including phenoxy) is 7. The molecule has 2 saturated heterocycles. The van der Waals surface area contributed by atoms with Gasteiger partial charge in [0.2, 0.25) is 0 Å². The van der Waals surface area contributed by atoms with Gasteiger partial charge >= 0.3 is 25.7 Å². The van der Waals surface area contributed by atoms with Crippen LogP contribution in [0.25, 0.3) is 0 Å². The Kier molecular flexibility index (Phi) is 52.4. The SMILES string of the molecule is CCCCCCCC/C=C\CCCCCC(=O)OC(COC(=O)CCCCCCCCC(C)CCCCCCCC)COP(=O)(O)OC1C(OC2OC(CO)C(O)C(O)C2O)C(O)C(O)C(O)C1OC1OC(COC(=O)CCCCCCCCCCCCCCCCCCC)C(O)C(O)C1O. The fourth-order valence-corrected chi connectivity index (χ4v) is 14.3. The number of rotatable bonds is 62. The summed E-state index contributed by atoms with van der Waals surface area (Å²) in [6.45, 7) is 5.78. The zero-order valence-corrected chi connectivity index (χ0v) is 63.3. The topological polar surface area (TPSA) is 374 Å². The van der Waals surface area contributed by atoms with Crippen LogP contribution in [0.3, 0.4) is 0 Å². The van der Waals surface area contributed by atoms with Crippen molar-refractivity contribution in [2.45, 2.75) is 421 Å².